The number of carbonyl (C=O) groups is 2. The van der Waals surface area contributed by atoms with Crippen molar-refractivity contribution in [3.8, 4) is 5.69 Å². The van der Waals surface area contributed by atoms with Crippen molar-refractivity contribution >= 4 is 17.5 Å². The molecular weight excluding hydrogens is 336 g/mol. The average Bonchev–Trinajstić information content (AvgIpc) is 3.21. The highest BCUT2D eigenvalue weighted by molar-refractivity contribution is 5.99. The van der Waals surface area contributed by atoms with Gasteiger partial charge in [0, 0.05) is 41.3 Å². The maximum atomic E-state index is 12.1. The molecule has 0 bridgehead atoms. The number of non-ortho nitro benzene ring substituents is 1. The average molecular weight is 350 g/mol. The van der Waals surface area contributed by atoms with Crippen molar-refractivity contribution in [2.75, 3.05) is 0 Å². The summed E-state index contributed by atoms with van der Waals surface area (Å²) in [5.74, 6) is -1.14. The van der Waals surface area contributed by atoms with Gasteiger partial charge in [-0.3, -0.25) is 30.6 Å². The molecule has 0 spiro atoms. The number of nitrogens with one attached hydrogen (secondary N) is 2. The van der Waals surface area contributed by atoms with Crippen LogP contribution < -0.4 is 10.9 Å². The first-order valence-electron chi connectivity index (χ1n) is 7.63. The molecular formula is C18H14N4O4. The van der Waals surface area contributed by atoms with E-state index >= 15 is 0 Å². The lowest BCUT2D eigenvalue weighted by Crippen LogP contribution is -2.41. The minimum absolute atomic E-state index is 0.0717. The van der Waals surface area contributed by atoms with Crippen molar-refractivity contribution in [2.24, 2.45) is 0 Å². The van der Waals surface area contributed by atoms with Crippen LogP contribution in [0.1, 0.15) is 20.7 Å². The zero-order valence-electron chi connectivity index (χ0n) is 13.5. The van der Waals surface area contributed by atoms with Crippen LogP contribution in [0.15, 0.2) is 73.1 Å². The summed E-state index contributed by atoms with van der Waals surface area (Å²) in [5.41, 5.74) is 5.65. The first-order valence-corrected chi connectivity index (χ1v) is 7.63. The maximum Gasteiger partial charge on any atom is 0.270 e. The Morgan fingerprint density at radius 3 is 2.08 bits per heavy atom. The molecule has 2 N–H and O–H groups in total. The number of nitro groups is 1. The number of nitrogens with zero attached hydrogens (tertiary/aromatic N) is 2. The molecule has 0 saturated heterocycles. The zero-order chi connectivity index (χ0) is 18.5. The summed E-state index contributed by atoms with van der Waals surface area (Å²) >= 11 is 0. The number of benzene rings is 2. The van der Waals surface area contributed by atoms with Gasteiger partial charge in [0.1, 0.15) is 0 Å². The third-order valence-electron chi connectivity index (χ3n) is 3.64. The standard InChI is InChI=1S/C18H14N4O4/c23-17(13-6-8-15(9-7-13)21-10-1-2-11-21)19-20-18(24)14-4-3-5-16(12-14)22(25)26/h1-12H,(H,19,23)(H,20,24). The van der Waals surface area contributed by atoms with E-state index in [1.165, 1.54) is 18.2 Å². The molecule has 1 aromatic heterocycles. The number of hydrogen-bond donors (Lipinski definition) is 2. The highest BCUT2D eigenvalue weighted by Crippen LogP contribution is 2.13. The van der Waals surface area contributed by atoms with Crippen molar-refractivity contribution in [1.29, 1.82) is 0 Å². The van der Waals surface area contributed by atoms with Crippen molar-refractivity contribution in [2.45, 2.75) is 0 Å². The number of aromatic nitrogens is 1. The highest BCUT2D eigenvalue weighted by atomic mass is 16.6. The molecule has 0 aliphatic rings. The van der Waals surface area contributed by atoms with Crippen LogP contribution in [0.25, 0.3) is 5.69 Å². The lowest BCUT2D eigenvalue weighted by molar-refractivity contribution is -0.384. The normalized spacial score (nSPS) is 10.2. The summed E-state index contributed by atoms with van der Waals surface area (Å²) in [6, 6.07) is 15.8. The fourth-order valence-corrected chi connectivity index (χ4v) is 2.31. The molecule has 0 saturated carbocycles. The SMILES string of the molecule is O=C(NNC(=O)c1cccc([N+](=O)[O-])c1)c1ccc(-n2cccc2)cc1. The van der Waals surface area contributed by atoms with Crippen molar-refractivity contribution in [3.05, 3.63) is 94.3 Å². The molecule has 8 heteroatoms. The van der Waals surface area contributed by atoms with Gasteiger partial charge in [0.05, 0.1) is 4.92 Å². The van der Waals surface area contributed by atoms with Gasteiger partial charge < -0.3 is 4.57 Å². The number of rotatable bonds is 4. The maximum absolute atomic E-state index is 12.1. The monoisotopic (exact) mass is 350 g/mol. The van der Waals surface area contributed by atoms with Crippen LogP contribution in [0, 0.1) is 10.1 Å². The van der Waals surface area contributed by atoms with Crippen LogP contribution in [0.3, 0.4) is 0 Å². The summed E-state index contributed by atoms with van der Waals surface area (Å²) in [6.45, 7) is 0. The van der Waals surface area contributed by atoms with Gasteiger partial charge in [-0.2, -0.15) is 0 Å². The summed E-state index contributed by atoms with van der Waals surface area (Å²) in [6.07, 6.45) is 3.77. The molecule has 26 heavy (non-hydrogen) atoms. The molecule has 0 aliphatic carbocycles. The number of amides is 2. The summed E-state index contributed by atoms with van der Waals surface area (Å²) in [4.78, 5) is 34.3. The lowest BCUT2D eigenvalue weighted by atomic mass is 10.2. The number of carbonyl (C=O) groups excluding carboxylic acids is 2. The smallest absolute Gasteiger partial charge is 0.270 e. The van der Waals surface area contributed by atoms with Crippen molar-refractivity contribution in [3.63, 3.8) is 0 Å². The van der Waals surface area contributed by atoms with Gasteiger partial charge in [0.25, 0.3) is 17.5 Å². The second-order valence-corrected chi connectivity index (χ2v) is 5.35. The molecule has 3 rings (SSSR count). The Morgan fingerprint density at radius 2 is 1.46 bits per heavy atom. The first kappa shape index (κ1) is 16.9. The molecule has 0 atom stereocenters. The molecule has 1 heterocycles. The van der Waals surface area contributed by atoms with E-state index in [9.17, 15) is 19.7 Å². The van der Waals surface area contributed by atoms with Gasteiger partial charge in [0.2, 0.25) is 0 Å². The van der Waals surface area contributed by atoms with Crippen molar-refractivity contribution in [1.82, 2.24) is 15.4 Å². The number of hydrogen-bond acceptors (Lipinski definition) is 4. The van der Waals surface area contributed by atoms with E-state index in [2.05, 4.69) is 10.9 Å². The van der Waals surface area contributed by atoms with E-state index in [1.807, 2.05) is 29.1 Å². The fraction of sp³-hybridized carbons (Fsp3) is 0. The lowest BCUT2D eigenvalue weighted by Gasteiger charge is -2.08. The van der Waals surface area contributed by atoms with Crippen LogP contribution in [0.2, 0.25) is 0 Å². The molecule has 130 valence electrons. The van der Waals surface area contributed by atoms with Gasteiger partial charge in [-0.1, -0.05) is 6.07 Å². The quantitative estimate of drug-likeness (QED) is 0.557. The second-order valence-electron chi connectivity index (χ2n) is 5.35. The Labute approximate surface area is 148 Å². The minimum Gasteiger partial charge on any atom is -0.324 e. The van der Waals surface area contributed by atoms with Gasteiger partial charge in [-0.15, -0.1) is 0 Å². The fourth-order valence-electron chi connectivity index (χ4n) is 2.31. The summed E-state index contributed by atoms with van der Waals surface area (Å²) in [7, 11) is 0. The van der Waals surface area contributed by atoms with E-state index in [0.717, 1.165) is 11.8 Å². The van der Waals surface area contributed by atoms with E-state index in [1.54, 1.807) is 24.3 Å². The second kappa shape index (κ2) is 7.31. The van der Waals surface area contributed by atoms with E-state index in [4.69, 9.17) is 0 Å². The van der Waals surface area contributed by atoms with E-state index in [-0.39, 0.29) is 11.3 Å². The Kier molecular flexibility index (Phi) is 4.75. The molecule has 2 amide bonds. The first-order chi connectivity index (χ1) is 12.5. The Bertz CT molecular complexity index is 950. The molecule has 0 radical (unpaired) electrons. The third kappa shape index (κ3) is 3.75. The molecule has 3 aromatic rings. The van der Waals surface area contributed by atoms with Gasteiger partial charge in [-0.25, -0.2) is 0 Å². The predicted octanol–water partition coefficient (Wildman–Crippen LogP) is 2.46. The zero-order valence-corrected chi connectivity index (χ0v) is 13.5. The largest absolute Gasteiger partial charge is 0.324 e. The van der Waals surface area contributed by atoms with Crippen LogP contribution in [0.5, 0.6) is 0 Å². The van der Waals surface area contributed by atoms with Gasteiger partial charge in [0.15, 0.2) is 0 Å². The van der Waals surface area contributed by atoms with Gasteiger partial charge >= 0.3 is 0 Å². The van der Waals surface area contributed by atoms with Gasteiger partial charge in [-0.05, 0) is 42.5 Å². The highest BCUT2D eigenvalue weighted by Gasteiger charge is 2.13. The third-order valence-corrected chi connectivity index (χ3v) is 3.64. The molecule has 2 aromatic carbocycles. The van der Waals surface area contributed by atoms with Crippen molar-refractivity contribution < 1.29 is 14.5 Å². The van der Waals surface area contributed by atoms with E-state index < -0.39 is 16.7 Å². The topological polar surface area (TPSA) is 106 Å². The van der Waals surface area contributed by atoms with Crippen LogP contribution >= 0.6 is 0 Å². The molecule has 8 nitrogen and oxygen atoms in total. The minimum atomic E-state index is -0.647. The number of nitro benzene ring substituents is 1. The van der Waals surface area contributed by atoms with Crippen LogP contribution in [0.4, 0.5) is 5.69 Å². The molecule has 0 aliphatic heterocycles. The Balaban J connectivity index is 1.62. The molecule has 0 unspecified atom stereocenters. The predicted molar refractivity (Wildman–Crippen MR) is 93.8 cm³/mol. The van der Waals surface area contributed by atoms with E-state index in [0.29, 0.717) is 5.56 Å². The Morgan fingerprint density at radius 1 is 0.846 bits per heavy atom. The molecule has 0 fully saturated rings. The summed E-state index contributed by atoms with van der Waals surface area (Å²) < 4.78 is 1.89. The Hall–Kier alpha value is -3.94. The summed E-state index contributed by atoms with van der Waals surface area (Å²) in [5, 5.41) is 10.7. The number of hydrazine groups is 1. The van der Waals surface area contributed by atoms with Crippen LogP contribution in [-0.2, 0) is 0 Å². The van der Waals surface area contributed by atoms with Crippen LogP contribution in [-0.4, -0.2) is 21.3 Å².